The summed E-state index contributed by atoms with van der Waals surface area (Å²) in [5.74, 6) is 0. The van der Waals surface area contributed by atoms with Gasteiger partial charge in [0.15, 0.2) is 7.85 Å². The Balaban J connectivity index is 2.27. The second kappa shape index (κ2) is 4.55. The molecule has 0 aliphatic heterocycles. The highest BCUT2D eigenvalue weighted by molar-refractivity contribution is 7.19. The fraction of sp³-hybridized carbons (Fsp3) is 0.625. The van der Waals surface area contributed by atoms with Gasteiger partial charge in [0.05, 0.1) is 0 Å². The lowest BCUT2D eigenvalue weighted by Gasteiger charge is -1.93. The van der Waals surface area contributed by atoms with Crippen LogP contribution >= 0.6 is 11.3 Å². The van der Waals surface area contributed by atoms with Crippen LogP contribution in [0.1, 0.15) is 31.1 Å². The Bertz CT molecular complexity index is 210. The third kappa shape index (κ3) is 3.06. The van der Waals surface area contributed by atoms with Crippen LogP contribution in [0, 0.1) is 0 Å². The topological polar surface area (TPSA) is 12.9 Å². The van der Waals surface area contributed by atoms with Gasteiger partial charge >= 0.3 is 0 Å². The molecule has 1 nitrogen and oxygen atoms in total. The lowest BCUT2D eigenvalue weighted by Crippen LogP contribution is -1.95. The summed E-state index contributed by atoms with van der Waals surface area (Å²) in [6, 6.07) is 0. The molecule has 0 spiro atoms. The van der Waals surface area contributed by atoms with Gasteiger partial charge in [-0.1, -0.05) is 19.8 Å². The average molecular weight is 165 g/mol. The van der Waals surface area contributed by atoms with Gasteiger partial charge in [-0.2, -0.15) is 0 Å². The smallest absolute Gasteiger partial charge is 0.157 e. The van der Waals surface area contributed by atoms with Crippen molar-refractivity contribution in [2.24, 2.45) is 0 Å². The molecular formula is C8H12BNS. The molecule has 0 N–H and O–H groups in total. The monoisotopic (exact) mass is 165 g/mol. The van der Waals surface area contributed by atoms with Crippen molar-refractivity contribution in [3.63, 3.8) is 0 Å². The first-order valence-corrected chi connectivity index (χ1v) is 4.84. The minimum atomic E-state index is 0.691. The molecule has 2 radical (unpaired) electrons. The molecule has 0 saturated carbocycles. The summed E-state index contributed by atoms with van der Waals surface area (Å²) >= 11 is 1.60. The van der Waals surface area contributed by atoms with Crippen molar-refractivity contribution >= 4 is 24.1 Å². The molecule has 3 heteroatoms. The first kappa shape index (κ1) is 8.79. The summed E-state index contributed by atoms with van der Waals surface area (Å²) < 4.78 is 0. The molecule has 0 unspecified atom stereocenters. The molecule has 0 saturated heterocycles. The predicted octanol–water partition coefficient (Wildman–Crippen LogP) is 1.67. The summed E-state index contributed by atoms with van der Waals surface area (Å²) in [6.45, 7) is 2.21. The Hall–Kier alpha value is -0.305. The van der Waals surface area contributed by atoms with Gasteiger partial charge in [0.25, 0.3) is 0 Å². The first-order chi connectivity index (χ1) is 5.33. The molecule has 0 aromatic carbocycles. The van der Waals surface area contributed by atoms with Crippen molar-refractivity contribution in [1.29, 1.82) is 0 Å². The van der Waals surface area contributed by atoms with E-state index < -0.39 is 0 Å². The summed E-state index contributed by atoms with van der Waals surface area (Å²) in [6.07, 6.45) is 6.86. The van der Waals surface area contributed by atoms with Crippen LogP contribution in [0.15, 0.2) is 6.20 Å². The quantitative estimate of drug-likeness (QED) is 0.488. The zero-order chi connectivity index (χ0) is 8.10. The standard InChI is InChI=1S/C8H12BNS/c1-2-3-4-5-7-6-10-8(9)11-7/h6H,2-5H2,1H3. The number of nitrogens with zero attached hydrogens (tertiary/aromatic N) is 1. The second-order valence-corrected chi connectivity index (χ2v) is 3.77. The van der Waals surface area contributed by atoms with E-state index in [1.807, 2.05) is 6.20 Å². The molecule has 0 aliphatic carbocycles. The molecule has 0 atom stereocenters. The minimum absolute atomic E-state index is 0.691. The average Bonchev–Trinajstić information content (AvgIpc) is 2.37. The van der Waals surface area contributed by atoms with Crippen LogP contribution in [0.3, 0.4) is 0 Å². The number of hydrogen-bond donors (Lipinski definition) is 0. The van der Waals surface area contributed by atoms with Crippen LogP contribution in [0.5, 0.6) is 0 Å². The largest absolute Gasteiger partial charge is 0.261 e. The van der Waals surface area contributed by atoms with Crippen LogP contribution in [0.4, 0.5) is 0 Å². The van der Waals surface area contributed by atoms with Crippen LogP contribution in [-0.2, 0) is 6.42 Å². The van der Waals surface area contributed by atoms with Crippen LogP contribution in [-0.4, -0.2) is 12.8 Å². The maximum atomic E-state index is 5.49. The van der Waals surface area contributed by atoms with E-state index in [0.717, 1.165) is 6.42 Å². The van der Waals surface area contributed by atoms with Gasteiger partial charge in [0.1, 0.15) is 0 Å². The fourth-order valence-electron chi connectivity index (χ4n) is 0.987. The molecule has 1 heterocycles. The Morgan fingerprint density at radius 1 is 1.55 bits per heavy atom. The molecule has 1 rings (SSSR count). The van der Waals surface area contributed by atoms with Crippen LogP contribution in [0.2, 0.25) is 0 Å². The predicted molar refractivity (Wildman–Crippen MR) is 50.7 cm³/mol. The molecule has 0 fully saturated rings. The maximum absolute atomic E-state index is 5.49. The Morgan fingerprint density at radius 2 is 2.36 bits per heavy atom. The fourth-order valence-corrected chi connectivity index (χ4v) is 1.71. The molecule has 1 aromatic heterocycles. The molecular weight excluding hydrogens is 153 g/mol. The van der Waals surface area contributed by atoms with Gasteiger partial charge < -0.3 is 0 Å². The van der Waals surface area contributed by atoms with E-state index in [0.29, 0.717) is 4.91 Å². The summed E-state index contributed by atoms with van der Waals surface area (Å²) in [5.41, 5.74) is 0. The van der Waals surface area contributed by atoms with E-state index in [1.165, 1.54) is 24.1 Å². The second-order valence-electron chi connectivity index (χ2n) is 2.62. The van der Waals surface area contributed by atoms with Crippen LogP contribution in [0.25, 0.3) is 0 Å². The summed E-state index contributed by atoms with van der Waals surface area (Å²) in [7, 11) is 5.49. The van der Waals surface area contributed by atoms with E-state index in [9.17, 15) is 0 Å². The minimum Gasteiger partial charge on any atom is -0.261 e. The first-order valence-electron chi connectivity index (χ1n) is 4.03. The number of rotatable bonds is 4. The lowest BCUT2D eigenvalue weighted by atomic mass is 10.2. The van der Waals surface area contributed by atoms with E-state index in [4.69, 9.17) is 7.85 Å². The third-order valence-corrected chi connectivity index (χ3v) is 2.48. The van der Waals surface area contributed by atoms with Gasteiger partial charge in [-0.05, 0) is 12.8 Å². The van der Waals surface area contributed by atoms with Crippen molar-refractivity contribution in [3.8, 4) is 0 Å². The van der Waals surface area contributed by atoms with Gasteiger partial charge in [-0.25, -0.2) is 0 Å². The zero-order valence-corrected chi connectivity index (χ0v) is 7.66. The number of aryl methyl sites for hydroxylation is 1. The van der Waals surface area contributed by atoms with Crippen molar-refractivity contribution in [2.75, 3.05) is 0 Å². The third-order valence-electron chi connectivity index (χ3n) is 1.60. The highest BCUT2D eigenvalue weighted by Crippen LogP contribution is 2.08. The summed E-state index contributed by atoms with van der Waals surface area (Å²) in [5, 5.41) is 0. The highest BCUT2D eigenvalue weighted by atomic mass is 32.1. The van der Waals surface area contributed by atoms with E-state index >= 15 is 0 Å². The van der Waals surface area contributed by atoms with Crippen molar-refractivity contribution in [2.45, 2.75) is 32.6 Å². The van der Waals surface area contributed by atoms with Crippen molar-refractivity contribution < 1.29 is 0 Å². The summed E-state index contributed by atoms with van der Waals surface area (Å²) in [4.78, 5) is 6.00. The highest BCUT2D eigenvalue weighted by Gasteiger charge is 1.95. The zero-order valence-electron chi connectivity index (χ0n) is 6.84. The maximum Gasteiger partial charge on any atom is 0.157 e. The van der Waals surface area contributed by atoms with Gasteiger partial charge in [-0.3, -0.25) is 4.98 Å². The molecule has 1 aromatic rings. The Labute approximate surface area is 73.3 Å². The molecule has 0 bridgehead atoms. The lowest BCUT2D eigenvalue weighted by molar-refractivity contribution is 0.722. The molecule has 58 valence electrons. The van der Waals surface area contributed by atoms with Crippen molar-refractivity contribution in [1.82, 2.24) is 4.98 Å². The number of hydrogen-bond acceptors (Lipinski definition) is 2. The van der Waals surface area contributed by atoms with Gasteiger partial charge in [0.2, 0.25) is 0 Å². The van der Waals surface area contributed by atoms with Crippen LogP contribution < -0.4 is 4.91 Å². The Morgan fingerprint density at radius 3 is 2.91 bits per heavy atom. The van der Waals surface area contributed by atoms with Gasteiger partial charge in [-0.15, -0.1) is 11.3 Å². The Kier molecular flexibility index (Phi) is 3.63. The normalized spacial score (nSPS) is 10.3. The van der Waals surface area contributed by atoms with E-state index in [1.54, 1.807) is 11.3 Å². The number of aromatic nitrogens is 1. The molecule has 0 amide bonds. The van der Waals surface area contributed by atoms with Gasteiger partial charge in [0, 0.05) is 16.0 Å². The molecule has 0 aliphatic rings. The number of thiazole rings is 1. The molecule has 11 heavy (non-hydrogen) atoms. The number of unbranched alkanes of at least 4 members (excludes halogenated alkanes) is 2. The van der Waals surface area contributed by atoms with Crippen molar-refractivity contribution in [3.05, 3.63) is 11.1 Å². The SMILES string of the molecule is [B]c1ncc(CCCCC)s1. The van der Waals surface area contributed by atoms with E-state index in [-0.39, 0.29) is 0 Å². The van der Waals surface area contributed by atoms with E-state index in [2.05, 4.69) is 11.9 Å².